The van der Waals surface area contributed by atoms with Crippen LogP contribution in [0.15, 0.2) is 29.2 Å². The van der Waals surface area contributed by atoms with Crippen molar-refractivity contribution in [2.75, 3.05) is 13.6 Å². The molecule has 126 valence electrons. The summed E-state index contributed by atoms with van der Waals surface area (Å²) in [7, 11) is -1.59. The lowest BCUT2D eigenvalue weighted by atomic mass is 10.1. The number of hydrogen-bond donors (Lipinski definition) is 1. The van der Waals surface area contributed by atoms with Gasteiger partial charge in [0.15, 0.2) is 9.84 Å². The molecular weight excluding hydrogens is 316 g/mol. The summed E-state index contributed by atoms with van der Waals surface area (Å²) in [6.45, 7) is 3.79. The van der Waals surface area contributed by atoms with Crippen molar-refractivity contribution in [3.05, 3.63) is 29.8 Å². The van der Waals surface area contributed by atoms with Gasteiger partial charge in [0.1, 0.15) is 0 Å². The molecule has 0 radical (unpaired) electrons. The van der Waals surface area contributed by atoms with Crippen LogP contribution in [0.2, 0.25) is 0 Å². The third-order valence-electron chi connectivity index (χ3n) is 3.94. The Morgan fingerprint density at radius 1 is 1.30 bits per heavy atom. The van der Waals surface area contributed by atoms with Crippen molar-refractivity contribution in [3.8, 4) is 0 Å². The van der Waals surface area contributed by atoms with Crippen LogP contribution in [-0.4, -0.2) is 50.0 Å². The van der Waals surface area contributed by atoms with Gasteiger partial charge in [0.05, 0.1) is 22.6 Å². The highest BCUT2D eigenvalue weighted by Gasteiger charge is 2.27. The molecule has 1 aromatic rings. The molecule has 23 heavy (non-hydrogen) atoms. The zero-order valence-corrected chi connectivity index (χ0v) is 14.4. The molecule has 0 saturated carbocycles. The number of likely N-dealkylation sites (N-methyl/N-ethyl adjacent to an activating group) is 1. The van der Waals surface area contributed by atoms with E-state index in [1.807, 2.05) is 0 Å². The number of amides is 2. The summed E-state index contributed by atoms with van der Waals surface area (Å²) < 4.78 is 24.1. The first-order valence-corrected chi connectivity index (χ1v) is 9.11. The zero-order chi connectivity index (χ0) is 17.2. The van der Waals surface area contributed by atoms with E-state index in [2.05, 4.69) is 5.32 Å². The van der Waals surface area contributed by atoms with Gasteiger partial charge in [-0.3, -0.25) is 9.59 Å². The van der Waals surface area contributed by atoms with Gasteiger partial charge < -0.3 is 10.2 Å². The molecule has 1 fully saturated rings. The van der Waals surface area contributed by atoms with Crippen molar-refractivity contribution in [2.24, 2.45) is 0 Å². The second kappa shape index (κ2) is 6.70. The first-order valence-electron chi connectivity index (χ1n) is 7.56. The summed E-state index contributed by atoms with van der Waals surface area (Å²) in [5.74, 6) is -0.142. The number of rotatable bonds is 5. The Morgan fingerprint density at radius 3 is 2.39 bits per heavy atom. The molecule has 1 saturated heterocycles. The molecule has 6 nitrogen and oxygen atoms in total. The average molecular weight is 338 g/mol. The molecule has 1 aliphatic rings. The van der Waals surface area contributed by atoms with E-state index in [0.29, 0.717) is 13.0 Å². The number of likely N-dealkylation sites (tertiary alicyclic amines) is 1. The highest BCUT2D eigenvalue weighted by atomic mass is 32.2. The highest BCUT2D eigenvalue weighted by molar-refractivity contribution is 7.92. The molecule has 1 heterocycles. The van der Waals surface area contributed by atoms with Crippen molar-refractivity contribution in [1.29, 1.82) is 0 Å². The third-order valence-corrected chi connectivity index (χ3v) is 6.11. The molecule has 0 spiro atoms. The number of nitrogens with zero attached hydrogens (tertiary/aromatic N) is 1. The van der Waals surface area contributed by atoms with Crippen molar-refractivity contribution in [3.63, 3.8) is 0 Å². The van der Waals surface area contributed by atoms with Gasteiger partial charge in [-0.1, -0.05) is 12.1 Å². The summed E-state index contributed by atoms with van der Waals surface area (Å²) in [5.41, 5.74) is 0.739. The first kappa shape index (κ1) is 17.5. The number of carbonyl (C=O) groups excluding carboxylic acids is 2. The second-order valence-corrected chi connectivity index (χ2v) is 8.66. The van der Waals surface area contributed by atoms with Crippen LogP contribution >= 0.6 is 0 Å². The average Bonchev–Trinajstić information content (AvgIpc) is 2.77. The smallest absolute Gasteiger partial charge is 0.224 e. The van der Waals surface area contributed by atoms with Gasteiger partial charge >= 0.3 is 0 Å². The van der Waals surface area contributed by atoms with Crippen molar-refractivity contribution >= 4 is 21.7 Å². The van der Waals surface area contributed by atoms with Gasteiger partial charge in [-0.15, -0.1) is 0 Å². The molecule has 2 rings (SSSR count). The van der Waals surface area contributed by atoms with E-state index in [0.717, 1.165) is 5.56 Å². The van der Waals surface area contributed by atoms with Crippen molar-refractivity contribution in [1.82, 2.24) is 10.2 Å². The van der Waals surface area contributed by atoms with E-state index in [1.54, 1.807) is 37.9 Å². The molecule has 1 unspecified atom stereocenters. The molecule has 2 amide bonds. The highest BCUT2D eigenvalue weighted by Crippen LogP contribution is 2.17. The lowest BCUT2D eigenvalue weighted by Crippen LogP contribution is -2.37. The predicted octanol–water partition coefficient (Wildman–Crippen LogP) is 0.758. The summed E-state index contributed by atoms with van der Waals surface area (Å²) in [4.78, 5) is 25.3. The van der Waals surface area contributed by atoms with E-state index in [9.17, 15) is 18.0 Å². The molecule has 1 atom stereocenters. The first-order chi connectivity index (χ1) is 10.7. The van der Waals surface area contributed by atoms with Crippen LogP contribution in [0, 0.1) is 0 Å². The normalized spacial score (nSPS) is 18.5. The Labute approximate surface area is 136 Å². The lowest BCUT2D eigenvalue weighted by Gasteiger charge is -2.13. The van der Waals surface area contributed by atoms with Gasteiger partial charge in [0.2, 0.25) is 11.8 Å². The van der Waals surface area contributed by atoms with Gasteiger partial charge in [-0.25, -0.2) is 8.42 Å². The minimum absolute atomic E-state index is 0.0264. The molecule has 0 bridgehead atoms. The molecule has 0 aliphatic carbocycles. The fourth-order valence-electron chi connectivity index (χ4n) is 2.49. The van der Waals surface area contributed by atoms with E-state index >= 15 is 0 Å². The number of hydrogen-bond acceptors (Lipinski definition) is 4. The maximum atomic E-state index is 12.0. The minimum atomic E-state index is -3.30. The Morgan fingerprint density at radius 2 is 1.91 bits per heavy atom. The topological polar surface area (TPSA) is 83.5 Å². The Kier molecular flexibility index (Phi) is 5.09. The molecule has 0 aromatic heterocycles. The molecule has 1 N–H and O–H groups in total. The van der Waals surface area contributed by atoms with Crippen molar-refractivity contribution in [2.45, 2.75) is 42.9 Å². The maximum Gasteiger partial charge on any atom is 0.224 e. The maximum absolute atomic E-state index is 12.0. The monoisotopic (exact) mass is 338 g/mol. The zero-order valence-electron chi connectivity index (χ0n) is 13.6. The van der Waals surface area contributed by atoms with Crippen LogP contribution in [-0.2, 0) is 25.8 Å². The number of nitrogens with one attached hydrogen (secondary N) is 1. The largest absolute Gasteiger partial charge is 0.351 e. The molecule has 1 aliphatic heterocycles. The Bertz CT molecular complexity index is 695. The predicted molar refractivity (Wildman–Crippen MR) is 86.7 cm³/mol. The Hall–Kier alpha value is -1.89. The van der Waals surface area contributed by atoms with Crippen LogP contribution in [0.5, 0.6) is 0 Å². The van der Waals surface area contributed by atoms with Gasteiger partial charge in [0, 0.05) is 20.0 Å². The fraction of sp³-hybridized carbons (Fsp3) is 0.500. The van der Waals surface area contributed by atoms with Gasteiger partial charge in [-0.2, -0.15) is 0 Å². The summed E-state index contributed by atoms with van der Waals surface area (Å²) >= 11 is 0. The minimum Gasteiger partial charge on any atom is -0.351 e. The third kappa shape index (κ3) is 4.10. The standard InChI is InChI=1S/C16H22N2O4S/c1-11(2)23(21,22)14-6-4-12(5-7-14)8-15(19)17-13-9-16(20)18(3)10-13/h4-7,11,13H,8-10H2,1-3H3,(H,17,19). The van der Waals surface area contributed by atoms with Crippen LogP contribution in [0.25, 0.3) is 0 Å². The summed E-state index contributed by atoms with van der Waals surface area (Å²) in [5, 5.41) is 2.35. The SMILES string of the molecule is CC(C)S(=O)(=O)c1ccc(CC(=O)NC2CC(=O)N(C)C2)cc1. The van der Waals surface area contributed by atoms with Crippen LogP contribution < -0.4 is 5.32 Å². The number of sulfone groups is 1. The van der Waals surface area contributed by atoms with Gasteiger partial charge in [0.25, 0.3) is 0 Å². The Balaban J connectivity index is 1.96. The fourth-order valence-corrected chi connectivity index (χ4v) is 3.55. The van der Waals surface area contributed by atoms with Crippen molar-refractivity contribution < 1.29 is 18.0 Å². The summed E-state index contributed by atoms with van der Waals surface area (Å²) in [6.07, 6.45) is 0.490. The van der Waals surface area contributed by atoms with E-state index < -0.39 is 15.1 Å². The number of benzene rings is 1. The van der Waals surface area contributed by atoms with Crippen LogP contribution in [0.4, 0.5) is 0 Å². The lowest BCUT2D eigenvalue weighted by molar-refractivity contribution is -0.126. The van der Waals surface area contributed by atoms with E-state index in [1.165, 1.54) is 12.1 Å². The van der Waals surface area contributed by atoms with Crippen LogP contribution in [0.3, 0.4) is 0 Å². The number of carbonyl (C=O) groups is 2. The van der Waals surface area contributed by atoms with E-state index in [-0.39, 0.29) is 29.2 Å². The molecular formula is C16H22N2O4S. The van der Waals surface area contributed by atoms with Crippen LogP contribution in [0.1, 0.15) is 25.8 Å². The second-order valence-electron chi connectivity index (χ2n) is 6.16. The summed E-state index contributed by atoms with van der Waals surface area (Å²) in [6, 6.07) is 6.22. The molecule has 1 aromatic carbocycles. The van der Waals surface area contributed by atoms with Gasteiger partial charge in [-0.05, 0) is 31.5 Å². The van der Waals surface area contributed by atoms with E-state index in [4.69, 9.17) is 0 Å². The quantitative estimate of drug-likeness (QED) is 0.859. The molecule has 7 heteroatoms.